The first-order valence-corrected chi connectivity index (χ1v) is 6.54. The Morgan fingerprint density at radius 1 is 1.24 bits per heavy atom. The molecule has 0 radical (unpaired) electrons. The molecular formula is C14H15ClN4O2. The van der Waals surface area contributed by atoms with E-state index >= 15 is 0 Å². The summed E-state index contributed by atoms with van der Waals surface area (Å²) in [5.41, 5.74) is 1.51. The number of nitrogens with zero attached hydrogens (tertiary/aromatic N) is 3. The van der Waals surface area contributed by atoms with Crippen LogP contribution in [0.1, 0.15) is 10.4 Å². The van der Waals surface area contributed by atoms with Crippen LogP contribution in [-0.4, -0.2) is 37.1 Å². The molecule has 0 saturated carbocycles. The van der Waals surface area contributed by atoms with E-state index in [9.17, 15) is 4.79 Å². The number of ether oxygens (including phenoxy) is 1. The molecule has 2 aromatic rings. The predicted octanol–water partition coefficient (Wildman–Crippen LogP) is 2.46. The van der Waals surface area contributed by atoms with Crippen LogP contribution in [0.15, 0.2) is 30.3 Å². The maximum atomic E-state index is 12.1. The second-order valence-electron chi connectivity index (χ2n) is 4.45. The van der Waals surface area contributed by atoms with E-state index in [2.05, 4.69) is 15.3 Å². The zero-order valence-corrected chi connectivity index (χ0v) is 12.7. The molecule has 2 rings (SSSR count). The molecule has 0 aliphatic carbocycles. The maximum absolute atomic E-state index is 12.1. The summed E-state index contributed by atoms with van der Waals surface area (Å²) in [7, 11) is 5.33. The topological polar surface area (TPSA) is 67.3 Å². The summed E-state index contributed by atoms with van der Waals surface area (Å²) in [6.07, 6.45) is 0. The summed E-state index contributed by atoms with van der Waals surface area (Å²) >= 11 is 5.83. The molecule has 1 N–H and O–H groups in total. The monoisotopic (exact) mass is 306 g/mol. The standard InChI is InChI=1S/C14H15ClN4O2/c1-19(2)10-6-4-9(5-7-10)13(20)18-14-16-11(15)8-12(17-14)21-3/h4-8H,1-3H3,(H,16,17,18,20). The van der Waals surface area contributed by atoms with Crippen molar-refractivity contribution >= 4 is 29.1 Å². The third kappa shape index (κ3) is 3.82. The molecule has 0 saturated heterocycles. The Kier molecular flexibility index (Phi) is 4.59. The van der Waals surface area contributed by atoms with Gasteiger partial charge in [0, 0.05) is 31.4 Å². The number of benzene rings is 1. The highest BCUT2D eigenvalue weighted by Crippen LogP contribution is 2.17. The minimum absolute atomic E-state index is 0.0982. The van der Waals surface area contributed by atoms with Crippen LogP contribution in [0.2, 0.25) is 5.15 Å². The van der Waals surface area contributed by atoms with Crippen LogP contribution in [0.25, 0.3) is 0 Å². The van der Waals surface area contributed by atoms with Crippen molar-refractivity contribution in [2.24, 2.45) is 0 Å². The number of amides is 1. The van der Waals surface area contributed by atoms with Crippen molar-refractivity contribution in [2.45, 2.75) is 0 Å². The van der Waals surface area contributed by atoms with Crippen LogP contribution in [0.5, 0.6) is 5.88 Å². The summed E-state index contributed by atoms with van der Waals surface area (Å²) in [4.78, 5) is 22.0. The van der Waals surface area contributed by atoms with Crippen LogP contribution < -0.4 is 15.0 Å². The average molecular weight is 307 g/mol. The largest absolute Gasteiger partial charge is 0.481 e. The number of nitrogens with one attached hydrogen (secondary N) is 1. The van der Waals surface area contributed by atoms with E-state index in [1.807, 2.05) is 31.1 Å². The molecule has 0 unspecified atom stereocenters. The van der Waals surface area contributed by atoms with Gasteiger partial charge in [-0.2, -0.15) is 4.98 Å². The van der Waals surface area contributed by atoms with Gasteiger partial charge in [-0.05, 0) is 24.3 Å². The molecule has 0 spiro atoms. The van der Waals surface area contributed by atoms with Crippen molar-refractivity contribution in [1.82, 2.24) is 9.97 Å². The van der Waals surface area contributed by atoms with Crippen molar-refractivity contribution in [3.05, 3.63) is 41.0 Å². The predicted molar refractivity (Wildman–Crippen MR) is 82.3 cm³/mol. The number of carbonyl (C=O) groups excluding carboxylic acids is 1. The lowest BCUT2D eigenvalue weighted by atomic mass is 10.2. The van der Waals surface area contributed by atoms with Crippen molar-refractivity contribution in [1.29, 1.82) is 0 Å². The number of hydrogen-bond acceptors (Lipinski definition) is 5. The van der Waals surface area contributed by atoms with E-state index in [-0.39, 0.29) is 22.9 Å². The van der Waals surface area contributed by atoms with Gasteiger partial charge in [-0.25, -0.2) is 4.98 Å². The molecule has 0 atom stereocenters. The van der Waals surface area contributed by atoms with Gasteiger partial charge in [0.05, 0.1) is 7.11 Å². The van der Waals surface area contributed by atoms with E-state index in [0.29, 0.717) is 5.56 Å². The van der Waals surface area contributed by atoms with Gasteiger partial charge in [0.2, 0.25) is 11.8 Å². The number of rotatable bonds is 4. The van der Waals surface area contributed by atoms with E-state index in [1.165, 1.54) is 13.2 Å². The minimum atomic E-state index is -0.315. The fraction of sp³-hybridized carbons (Fsp3) is 0.214. The zero-order chi connectivity index (χ0) is 15.4. The Bertz CT molecular complexity index is 644. The van der Waals surface area contributed by atoms with Gasteiger partial charge in [0.1, 0.15) is 5.15 Å². The minimum Gasteiger partial charge on any atom is -0.481 e. The molecule has 7 heteroatoms. The van der Waals surface area contributed by atoms with Gasteiger partial charge in [-0.1, -0.05) is 11.6 Å². The Morgan fingerprint density at radius 3 is 2.48 bits per heavy atom. The molecule has 0 aliphatic heterocycles. The highest BCUT2D eigenvalue weighted by atomic mass is 35.5. The van der Waals surface area contributed by atoms with Crippen molar-refractivity contribution in [3.8, 4) is 5.88 Å². The van der Waals surface area contributed by atoms with E-state index in [4.69, 9.17) is 16.3 Å². The summed E-state index contributed by atoms with van der Waals surface area (Å²) < 4.78 is 4.97. The first-order valence-electron chi connectivity index (χ1n) is 6.17. The Labute approximate surface area is 127 Å². The maximum Gasteiger partial charge on any atom is 0.258 e. The van der Waals surface area contributed by atoms with Gasteiger partial charge in [-0.15, -0.1) is 0 Å². The summed E-state index contributed by atoms with van der Waals surface area (Å²) in [6, 6.07) is 8.63. The van der Waals surface area contributed by atoms with Gasteiger partial charge in [0.25, 0.3) is 5.91 Å². The average Bonchev–Trinajstić information content (AvgIpc) is 2.46. The van der Waals surface area contributed by atoms with E-state index in [0.717, 1.165) is 5.69 Å². The van der Waals surface area contributed by atoms with Crippen molar-refractivity contribution in [2.75, 3.05) is 31.4 Å². The van der Waals surface area contributed by atoms with Crippen LogP contribution >= 0.6 is 11.6 Å². The molecule has 1 aromatic heterocycles. The lowest BCUT2D eigenvalue weighted by Crippen LogP contribution is -2.15. The van der Waals surface area contributed by atoms with Gasteiger partial charge >= 0.3 is 0 Å². The van der Waals surface area contributed by atoms with Crippen molar-refractivity contribution in [3.63, 3.8) is 0 Å². The fourth-order valence-corrected chi connectivity index (χ4v) is 1.82. The number of methoxy groups -OCH3 is 1. The summed E-state index contributed by atoms with van der Waals surface area (Å²) in [6.45, 7) is 0. The lowest BCUT2D eigenvalue weighted by Gasteiger charge is -2.12. The molecule has 0 fully saturated rings. The van der Waals surface area contributed by atoms with Crippen LogP contribution in [0, 0.1) is 0 Å². The first-order chi connectivity index (χ1) is 9.99. The number of aromatic nitrogens is 2. The molecular weight excluding hydrogens is 292 g/mol. The summed E-state index contributed by atoms with van der Waals surface area (Å²) in [5.74, 6) is 0.0684. The normalized spacial score (nSPS) is 10.1. The molecule has 110 valence electrons. The van der Waals surface area contributed by atoms with Crippen LogP contribution in [-0.2, 0) is 0 Å². The Morgan fingerprint density at radius 2 is 1.90 bits per heavy atom. The molecule has 1 heterocycles. The zero-order valence-electron chi connectivity index (χ0n) is 11.9. The Balaban J connectivity index is 2.15. The second-order valence-corrected chi connectivity index (χ2v) is 4.84. The van der Waals surface area contributed by atoms with Gasteiger partial charge in [0.15, 0.2) is 0 Å². The third-order valence-corrected chi connectivity index (χ3v) is 2.95. The summed E-state index contributed by atoms with van der Waals surface area (Å²) in [5, 5.41) is 2.78. The number of hydrogen-bond donors (Lipinski definition) is 1. The lowest BCUT2D eigenvalue weighted by molar-refractivity contribution is 0.102. The van der Waals surface area contributed by atoms with Crippen LogP contribution in [0.4, 0.5) is 11.6 Å². The van der Waals surface area contributed by atoms with E-state index < -0.39 is 0 Å². The smallest absolute Gasteiger partial charge is 0.258 e. The molecule has 21 heavy (non-hydrogen) atoms. The number of anilines is 2. The first kappa shape index (κ1) is 15.1. The molecule has 1 aromatic carbocycles. The van der Waals surface area contributed by atoms with Gasteiger partial charge < -0.3 is 9.64 Å². The molecule has 1 amide bonds. The number of halogens is 1. The van der Waals surface area contributed by atoms with Crippen LogP contribution in [0.3, 0.4) is 0 Å². The van der Waals surface area contributed by atoms with Crippen molar-refractivity contribution < 1.29 is 9.53 Å². The quantitative estimate of drug-likeness (QED) is 0.879. The SMILES string of the molecule is COc1cc(Cl)nc(NC(=O)c2ccc(N(C)C)cc2)n1. The number of carbonyl (C=O) groups is 1. The molecule has 6 nitrogen and oxygen atoms in total. The molecule has 0 bridgehead atoms. The highest BCUT2D eigenvalue weighted by Gasteiger charge is 2.10. The fourth-order valence-electron chi connectivity index (χ4n) is 1.64. The second kappa shape index (κ2) is 6.41. The van der Waals surface area contributed by atoms with Gasteiger partial charge in [-0.3, -0.25) is 10.1 Å². The molecule has 0 aliphatic rings. The van der Waals surface area contributed by atoms with E-state index in [1.54, 1.807) is 12.1 Å². The Hall–Kier alpha value is -2.34. The third-order valence-electron chi connectivity index (χ3n) is 2.75. The highest BCUT2D eigenvalue weighted by molar-refractivity contribution is 6.29.